The zero-order chi connectivity index (χ0) is 29.4. The number of hydrogen-bond acceptors (Lipinski definition) is 5. The first-order valence-corrected chi connectivity index (χ1v) is 15.6. The largest absolute Gasteiger partial charge is 0.492 e. The van der Waals surface area contributed by atoms with Crippen molar-refractivity contribution in [2.45, 2.75) is 70.0 Å². The standard InChI is InChI=1S/C32H39N3O5S/c1-4-40-30-17-11-10-16-29(30)35(41(38,39)28-14-6-5-7-15-28)23-31(36)34(22-26-20-18-24(2)19-21-26)25(3)32(37)33-27-12-8-9-13-27/h5-7,10-11,14-21,25,27H,4,8-9,12-13,22-23H2,1-3H3,(H,33,37)/t25-/m0/s1. The Morgan fingerprint density at radius 3 is 2.24 bits per heavy atom. The van der Waals surface area contributed by atoms with Crippen molar-refractivity contribution in [3.63, 3.8) is 0 Å². The lowest BCUT2D eigenvalue weighted by Gasteiger charge is -2.33. The van der Waals surface area contributed by atoms with Crippen LogP contribution in [0.15, 0.2) is 83.8 Å². The van der Waals surface area contributed by atoms with Gasteiger partial charge in [0.25, 0.3) is 10.0 Å². The summed E-state index contributed by atoms with van der Waals surface area (Å²) < 4.78 is 34.8. The molecule has 9 heteroatoms. The molecule has 8 nitrogen and oxygen atoms in total. The van der Waals surface area contributed by atoms with Crippen LogP contribution in [0.1, 0.15) is 50.7 Å². The van der Waals surface area contributed by atoms with Crippen LogP contribution >= 0.6 is 0 Å². The fraction of sp³-hybridized carbons (Fsp3) is 0.375. The second-order valence-electron chi connectivity index (χ2n) is 10.4. The van der Waals surface area contributed by atoms with Crippen LogP contribution < -0.4 is 14.4 Å². The van der Waals surface area contributed by atoms with Crippen molar-refractivity contribution < 1.29 is 22.7 Å². The Balaban J connectivity index is 1.71. The van der Waals surface area contributed by atoms with Crippen molar-refractivity contribution in [3.8, 4) is 5.75 Å². The van der Waals surface area contributed by atoms with Crippen LogP contribution in [0.3, 0.4) is 0 Å². The lowest BCUT2D eigenvalue weighted by Crippen LogP contribution is -2.52. The monoisotopic (exact) mass is 577 g/mol. The van der Waals surface area contributed by atoms with E-state index in [1.165, 1.54) is 17.0 Å². The molecule has 0 saturated heterocycles. The van der Waals surface area contributed by atoms with E-state index in [0.29, 0.717) is 12.4 Å². The number of anilines is 1. The normalized spacial score (nSPS) is 14.3. The fourth-order valence-corrected chi connectivity index (χ4v) is 6.48. The molecule has 0 unspecified atom stereocenters. The molecule has 1 aliphatic rings. The van der Waals surface area contributed by atoms with Gasteiger partial charge in [0.15, 0.2) is 0 Å². The smallest absolute Gasteiger partial charge is 0.264 e. The molecule has 1 N–H and O–H groups in total. The van der Waals surface area contributed by atoms with Gasteiger partial charge in [-0.3, -0.25) is 13.9 Å². The zero-order valence-electron chi connectivity index (χ0n) is 24.0. The summed E-state index contributed by atoms with van der Waals surface area (Å²) in [6.07, 6.45) is 3.97. The maximum atomic E-state index is 14.1. The first-order chi connectivity index (χ1) is 19.7. The van der Waals surface area contributed by atoms with Gasteiger partial charge in [0.1, 0.15) is 18.3 Å². The Morgan fingerprint density at radius 1 is 0.951 bits per heavy atom. The molecule has 41 heavy (non-hydrogen) atoms. The quantitative estimate of drug-likeness (QED) is 0.325. The number of amides is 2. The van der Waals surface area contributed by atoms with Crippen LogP contribution in [0.5, 0.6) is 5.75 Å². The average Bonchev–Trinajstić information content (AvgIpc) is 3.49. The van der Waals surface area contributed by atoms with Crippen LogP contribution in [0.2, 0.25) is 0 Å². The van der Waals surface area contributed by atoms with Gasteiger partial charge in [-0.05, 0) is 63.4 Å². The van der Waals surface area contributed by atoms with E-state index in [0.717, 1.165) is 41.1 Å². The van der Waals surface area contributed by atoms with Crippen LogP contribution in [-0.2, 0) is 26.2 Å². The third kappa shape index (κ3) is 7.47. The molecule has 1 saturated carbocycles. The summed E-state index contributed by atoms with van der Waals surface area (Å²) >= 11 is 0. The van der Waals surface area contributed by atoms with Gasteiger partial charge >= 0.3 is 0 Å². The third-order valence-electron chi connectivity index (χ3n) is 7.39. The molecule has 3 aromatic rings. The molecule has 1 atom stereocenters. The summed E-state index contributed by atoms with van der Waals surface area (Å²) in [4.78, 5) is 29.0. The molecule has 0 heterocycles. The topological polar surface area (TPSA) is 96.0 Å². The number of para-hydroxylation sites is 2. The van der Waals surface area contributed by atoms with Crippen molar-refractivity contribution in [1.29, 1.82) is 0 Å². The molecule has 1 aliphatic carbocycles. The predicted molar refractivity (Wildman–Crippen MR) is 160 cm³/mol. The summed E-state index contributed by atoms with van der Waals surface area (Å²) in [6.45, 7) is 5.46. The Hall–Kier alpha value is -3.85. The maximum absolute atomic E-state index is 14.1. The molecular weight excluding hydrogens is 538 g/mol. The van der Waals surface area contributed by atoms with Crippen LogP contribution in [0.25, 0.3) is 0 Å². The van der Waals surface area contributed by atoms with Gasteiger partial charge in [-0.2, -0.15) is 0 Å². The third-order valence-corrected chi connectivity index (χ3v) is 9.16. The van der Waals surface area contributed by atoms with Gasteiger partial charge < -0.3 is 15.0 Å². The fourth-order valence-electron chi connectivity index (χ4n) is 5.04. The van der Waals surface area contributed by atoms with Gasteiger partial charge in [-0.1, -0.05) is 73.0 Å². The highest BCUT2D eigenvalue weighted by Gasteiger charge is 2.34. The Bertz CT molecular complexity index is 1420. The Kier molecular flexibility index (Phi) is 10.0. The molecule has 2 amide bonds. The zero-order valence-corrected chi connectivity index (χ0v) is 24.8. The molecule has 0 bridgehead atoms. The van der Waals surface area contributed by atoms with Crippen molar-refractivity contribution in [3.05, 3.63) is 90.0 Å². The Morgan fingerprint density at radius 2 is 1.59 bits per heavy atom. The van der Waals surface area contributed by atoms with Crippen LogP contribution in [-0.4, -0.2) is 50.4 Å². The highest BCUT2D eigenvalue weighted by atomic mass is 32.2. The molecule has 3 aromatic carbocycles. The van der Waals surface area contributed by atoms with Crippen molar-refractivity contribution in [2.24, 2.45) is 0 Å². The number of carbonyl (C=O) groups is 2. The average molecular weight is 578 g/mol. The van der Waals surface area contributed by atoms with Gasteiger partial charge in [0.05, 0.1) is 17.2 Å². The van der Waals surface area contributed by atoms with E-state index in [9.17, 15) is 18.0 Å². The van der Waals surface area contributed by atoms with Crippen LogP contribution in [0.4, 0.5) is 5.69 Å². The highest BCUT2D eigenvalue weighted by molar-refractivity contribution is 7.92. The van der Waals surface area contributed by atoms with E-state index < -0.39 is 28.5 Å². The first-order valence-electron chi connectivity index (χ1n) is 14.2. The Labute approximate surface area is 243 Å². The van der Waals surface area contributed by atoms with Gasteiger partial charge in [-0.25, -0.2) is 8.42 Å². The molecule has 0 spiro atoms. The van der Waals surface area contributed by atoms with Gasteiger partial charge in [0.2, 0.25) is 11.8 Å². The van der Waals surface area contributed by atoms with E-state index in [1.807, 2.05) is 38.1 Å². The maximum Gasteiger partial charge on any atom is 0.264 e. The molecule has 218 valence electrons. The SMILES string of the molecule is CCOc1ccccc1N(CC(=O)N(Cc1ccc(C)cc1)[C@@H](C)C(=O)NC1CCCC1)S(=O)(=O)c1ccccc1. The van der Waals surface area contributed by atoms with Crippen LogP contribution in [0, 0.1) is 6.92 Å². The summed E-state index contributed by atoms with van der Waals surface area (Å²) in [6, 6.07) is 21.8. The molecular formula is C32H39N3O5S. The van der Waals surface area contributed by atoms with Crippen molar-refractivity contribution in [1.82, 2.24) is 10.2 Å². The first kappa shape index (κ1) is 30.1. The van der Waals surface area contributed by atoms with Gasteiger partial charge in [-0.15, -0.1) is 0 Å². The minimum Gasteiger partial charge on any atom is -0.492 e. The minimum atomic E-state index is -4.16. The molecule has 0 radical (unpaired) electrons. The minimum absolute atomic E-state index is 0.0520. The number of ether oxygens (including phenoxy) is 1. The summed E-state index contributed by atoms with van der Waals surface area (Å²) in [5, 5.41) is 3.09. The number of sulfonamides is 1. The van der Waals surface area contributed by atoms with E-state index >= 15 is 0 Å². The lowest BCUT2D eigenvalue weighted by molar-refractivity contribution is -0.139. The number of nitrogens with zero attached hydrogens (tertiary/aromatic N) is 2. The number of carbonyl (C=O) groups excluding carboxylic acids is 2. The second kappa shape index (κ2) is 13.7. The second-order valence-corrected chi connectivity index (χ2v) is 12.3. The number of aryl methyl sites for hydroxylation is 1. The predicted octanol–water partition coefficient (Wildman–Crippen LogP) is 5.07. The van der Waals surface area contributed by atoms with E-state index in [2.05, 4.69) is 5.32 Å². The van der Waals surface area contributed by atoms with Gasteiger partial charge in [0, 0.05) is 12.6 Å². The number of rotatable bonds is 12. The highest BCUT2D eigenvalue weighted by Crippen LogP contribution is 2.33. The molecule has 4 rings (SSSR count). The number of hydrogen-bond donors (Lipinski definition) is 1. The molecule has 1 fully saturated rings. The van der Waals surface area contributed by atoms with E-state index in [1.54, 1.807) is 49.4 Å². The summed E-state index contributed by atoms with van der Waals surface area (Å²) in [5.74, 6) is -0.394. The number of nitrogens with one attached hydrogen (secondary N) is 1. The molecule has 0 aromatic heterocycles. The lowest BCUT2D eigenvalue weighted by atomic mass is 10.1. The van der Waals surface area contributed by atoms with E-state index in [4.69, 9.17) is 4.74 Å². The summed E-state index contributed by atoms with van der Waals surface area (Å²) in [7, 11) is -4.16. The molecule has 0 aliphatic heterocycles. The number of benzene rings is 3. The van der Waals surface area contributed by atoms with Crippen molar-refractivity contribution >= 4 is 27.5 Å². The summed E-state index contributed by atoms with van der Waals surface area (Å²) in [5.41, 5.74) is 2.17. The van der Waals surface area contributed by atoms with Crippen molar-refractivity contribution in [2.75, 3.05) is 17.5 Å². The van der Waals surface area contributed by atoms with E-state index in [-0.39, 0.29) is 29.1 Å².